The molecule has 0 spiro atoms. The lowest BCUT2D eigenvalue weighted by Crippen LogP contribution is -2.49. The summed E-state index contributed by atoms with van der Waals surface area (Å²) in [4.78, 5) is 4.09. The Balaban J connectivity index is 1.88. The van der Waals surface area contributed by atoms with E-state index in [9.17, 15) is 9.50 Å². The molecule has 1 aliphatic heterocycles. The van der Waals surface area contributed by atoms with E-state index < -0.39 is 12.0 Å². The molecule has 22 heavy (non-hydrogen) atoms. The van der Waals surface area contributed by atoms with Crippen LogP contribution in [0.1, 0.15) is 0 Å². The molecule has 3 rings (SSSR count). The van der Waals surface area contributed by atoms with Crippen LogP contribution < -0.4 is 4.90 Å². The monoisotopic (exact) mass is 405 g/mol. The van der Waals surface area contributed by atoms with Crippen LogP contribution in [-0.4, -0.2) is 46.8 Å². The lowest BCUT2D eigenvalue weighted by molar-refractivity contribution is 0.0382. The SMILES string of the molecule is C=CC(O)N1CCN(c2snc3c(F)c(Br)c(Cl)cc23)CC1. The summed E-state index contributed by atoms with van der Waals surface area (Å²) in [6, 6.07) is 1.74. The highest BCUT2D eigenvalue weighted by molar-refractivity contribution is 9.10. The minimum absolute atomic E-state index is 0.248. The van der Waals surface area contributed by atoms with Crippen molar-refractivity contribution in [3.63, 3.8) is 0 Å². The number of aliphatic hydroxyl groups is 1. The molecule has 4 nitrogen and oxygen atoms in total. The van der Waals surface area contributed by atoms with Gasteiger partial charge in [0.05, 0.1) is 9.50 Å². The molecule has 1 fully saturated rings. The molecule has 1 aromatic carbocycles. The first-order chi connectivity index (χ1) is 10.5. The van der Waals surface area contributed by atoms with Gasteiger partial charge < -0.3 is 10.0 Å². The lowest BCUT2D eigenvalue weighted by atomic mass is 10.2. The third kappa shape index (κ3) is 2.76. The van der Waals surface area contributed by atoms with Gasteiger partial charge in [0.15, 0.2) is 5.82 Å². The number of nitrogens with zero attached hydrogens (tertiary/aromatic N) is 3. The molecule has 2 heterocycles. The predicted molar refractivity (Wildman–Crippen MR) is 92.3 cm³/mol. The van der Waals surface area contributed by atoms with Crippen LogP contribution in [0.3, 0.4) is 0 Å². The van der Waals surface area contributed by atoms with Gasteiger partial charge in [0, 0.05) is 31.6 Å². The summed E-state index contributed by atoms with van der Waals surface area (Å²) >= 11 is 10.5. The zero-order chi connectivity index (χ0) is 15.9. The number of fused-ring (bicyclic) bond motifs is 1. The number of aliphatic hydroxyl groups excluding tert-OH is 1. The zero-order valence-corrected chi connectivity index (χ0v) is 14.8. The second-order valence-electron chi connectivity index (χ2n) is 5.04. The van der Waals surface area contributed by atoms with Crippen LogP contribution in [0.25, 0.3) is 10.9 Å². The molecule has 1 aliphatic rings. The van der Waals surface area contributed by atoms with Gasteiger partial charge in [-0.2, -0.15) is 4.37 Å². The van der Waals surface area contributed by atoms with E-state index in [0.29, 0.717) is 23.6 Å². The van der Waals surface area contributed by atoms with Gasteiger partial charge in [-0.15, -0.1) is 0 Å². The van der Waals surface area contributed by atoms with Crippen molar-refractivity contribution in [3.8, 4) is 0 Å². The second-order valence-corrected chi connectivity index (χ2v) is 6.99. The summed E-state index contributed by atoms with van der Waals surface area (Å²) in [5, 5.41) is 11.8. The maximum Gasteiger partial charge on any atom is 0.166 e. The summed E-state index contributed by atoms with van der Waals surface area (Å²) in [6.07, 6.45) is 0.896. The number of anilines is 1. The van der Waals surface area contributed by atoms with Crippen molar-refractivity contribution in [2.24, 2.45) is 0 Å². The average molecular weight is 407 g/mol. The van der Waals surface area contributed by atoms with Crippen LogP contribution in [0.4, 0.5) is 9.39 Å². The molecule has 0 radical (unpaired) electrons. The maximum absolute atomic E-state index is 14.2. The van der Waals surface area contributed by atoms with Gasteiger partial charge in [-0.05, 0) is 39.6 Å². The number of rotatable bonds is 3. The van der Waals surface area contributed by atoms with E-state index in [1.165, 1.54) is 17.6 Å². The van der Waals surface area contributed by atoms with E-state index >= 15 is 0 Å². The molecule has 1 unspecified atom stereocenters. The third-order valence-corrected chi connectivity index (χ3v) is 6.00. The highest BCUT2D eigenvalue weighted by atomic mass is 79.9. The summed E-state index contributed by atoms with van der Waals surface area (Å²) in [5.74, 6) is -0.425. The molecule has 1 atom stereocenters. The van der Waals surface area contributed by atoms with Gasteiger partial charge in [-0.1, -0.05) is 18.2 Å². The van der Waals surface area contributed by atoms with Crippen molar-refractivity contribution < 1.29 is 9.50 Å². The van der Waals surface area contributed by atoms with Crippen LogP contribution in [0.2, 0.25) is 5.02 Å². The minimum Gasteiger partial charge on any atom is -0.375 e. The fraction of sp³-hybridized carbons (Fsp3) is 0.357. The Morgan fingerprint density at radius 1 is 1.45 bits per heavy atom. The van der Waals surface area contributed by atoms with Crippen molar-refractivity contribution in [1.82, 2.24) is 9.27 Å². The fourth-order valence-electron chi connectivity index (χ4n) is 2.54. The van der Waals surface area contributed by atoms with Gasteiger partial charge in [-0.3, -0.25) is 4.90 Å². The van der Waals surface area contributed by atoms with Gasteiger partial charge in [0.1, 0.15) is 16.7 Å². The molecular weight excluding hydrogens is 393 g/mol. The Bertz CT molecular complexity index is 718. The Labute approximate surface area is 145 Å². The number of benzene rings is 1. The fourth-order valence-corrected chi connectivity index (χ4v) is 3.95. The number of halogens is 3. The molecule has 0 aliphatic carbocycles. The van der Waals surface area contributed by atoms with Crippen LogP contribution in [0.5, 0.6) is 0 Å². The molecule has 1 N–H and O–H groups in total. The van der Waals surface area contributed by atoms with Crippen molar-refractivity contribution in [1.29, 1.82) is 0 Å². The molecule has 0 saturated carbocycles. The van der Waals surface area contributed by atoms with Crippen LogP contribution in [0, 0.1) is 5.82 Å². The van der Waals surface area contributed by atoms with Crippen molar-refractivity contribution in [2.45, 2.75) is 6.23 Å². The molecule has 1 saturated heterocycles. The van der Waals surface area contributed by atoms with Gasteiger partial charge in [0.2, 0.25) is 0 Å². The van der Waals surface area contributed by atoms with E-state index in [-0.39, 0.29) is 4.47 Å². The standard InChI is InChI=1S/C14H14BrClFN3OS/c1-2-10(21)19-3-5-20(6-4-19)14-8-7-9(16)11(15)12(17)13(8)18-22-14/h2,7,10,21H,1,3-6H2. The molecule has 118 valence electrons. The topological polar surface area (TPSA) is 39.6 Å². The average Bonchev–Trinajstić information content (AvgIpc) is 2.96. The summed E-state index contributed by atoms with van der Waals surface area (Å²) < 4.78 is 18.7. The van der Waals surface area contributed by atoms with Crippen LogP contribution in [0.15, 0.2) is 23.2 Å². The number of hydrogen-bond donors (Lipinski definition) is 1. The van der Waals surface area contributed by atoms with E-state index in [2.05, 4.69) is 31.8 Å². The van der Waals surface area contributed by atoms with Crippen molar-refractivity contribution in [2.75, 3.05) is 31.1 Å². The minimum atomic E-state index is -0.622. The van der Waals surface area contributed by atoms with E-state index in [0.717, 1.165) is 23.5 Å². The van der Waals surface area contributed by atoms with Crippen molar-refractivity contribution >= 4 is 55.0 Å². The molecule has 2 aromatic rings. The van der Waals surface area contributed by atoms with Crippen LogP contribution >= 0.6 is 39.1 Å². The Morgan fingerprint density at radius 2 is 2.14 bits per heavy atom. The van der Waals surface area contributed by atoms with E-state index in [4.69, 9.17) is 11.6 Å². The normalized spacial score (nSPS) is 17.9. The number of aromatic nitrogens is 1. The highest BCUT2D eigenvalue weighted by Gasteiger charge is 2.24. The molecule has 0 bridgehead atoms. The zero-order valence-electron chi connectivity index (χ0n) is 11.6. The lowest BCUT2D eigenvalue weighted by Gasteiger charge is -2.36. The first kappa shape index (κ1) is 16.1. The number of piperazine rings is 1. The predicted octanol–water partition coefficient (Wildman–Crippen LogP) is 3.48. The smallest absolute Gasteiger partial charge is 0.166 e. The quantitative estimate of drug-likeness (QED) is 0.626. The summed E-state index contributed by atoms with van der Waals surface area (Å²) in [6.45, 7) is 6.48. The van der Waals surface area contributed by atoms with Crippen LogP contribution in [-0.2, 0) is 0 Å². The van der Waals surface area contributed by atoms with E-state index in [1.54, 1.807) is 6.07 Å². The highest BCUT2D eigenvalue weighted by Crippen LogP contribution is 2.39. The van der Waals surface area contributed by atoms with Gasteiger partial charge >= 0.3 is 0 Å². The molecule has 1 aromatic heterocycles. The molecule has 0 amide bonds. The molecular formula is C14H14BrClFN3OS. The summed E-state index contributed by atoms with van der Waals surface area (Å²) in [5.41, 5.74) is 0.338. The first-order valence-electron chi connectivity index (χ1n) is 6.75. The van der Waals surface area contributed by atoms with Gasteiger partial charge in [0.25, 0.3) is 0 Å². The number of hydrogen-bond acceptors (Lipinski definition) is 5. The largest absolute Gasteiger partial charge is 0.375 e. The van der Waals surface area contributed by atoms with Gasteiger partial charge in [-0.25, -0.2) is 4.39 Å². The summed E-state index contributed by atoms with van der Waals surface area (Å²) in [7, 11) is 0. The third-order valence-electron chi connectivity index (χ3n) is 3.78. The first-order valence-corrected chi connectivity index (χ1v) is 8.70. The maximum atomic E-state index is 14.2. The van der Waals surface area contributed by atoms with E-state index in [1.807, 2.05) is 4.90 Å². The van der Waals surface area contributed by atoms with Crippen molar-refractivity contribution in [3.05, 3.63) is 34.0 Å². The Morgan fingerprint density at radius 3 is 2.77 bits per heavy atom. The molecule has 8 heteroatoms. The Kier molecular flexibility index (Phi) is 4.70. The Hall–Kier alpha value is -0.730. The second kappa shape index (κ2) is 6.41.